The van der Waals surface area contributed by atoms with Gasteiger partial charge in [-0.1, -0.05) is 12.1 Å². The first-order valence-electron chi connectivity index (χ1n) is 5.51. The van der Waals surface area contributed by atoms with E-state index in [0.717, 1.165) is 9.26 Å². The highest BCUT2D eigenvalue weighted by Crippen LogP contribution is 2.17. The van der Waals surface area contributed by atoms with Crippen molar-refractivity contribution in [2.24, 2.45) is 0 Å². The summed E-state index contributed by atoms with van der Waals surface area (Å²) in [6.45, 7) is -0.0282. The van der Waals surface area contributed by atoms with Gasteiger partial charge in [-0.25, -0.2) is 4.79 Å². The zero-order valence-electron chi connectivity index (χ0n) is 9.84. The lowest BCUT2D eigenvalue weighted by Crippen LogP contribution is -2.21. The van der Waals surface area contributed by atoms with Gasteiger partial charge in [0.1, 0.15) is 12.2 Å². The van der Waals surface area contributed by atoms with Gasteiger partial charge in [-0.05, 0) is 46.9 Å². The highest BCUT2D eigenvalue weighted by Gasteiger charge is 2.12. The van der Waals surface area contributed by atoms with Crippen LogP contribution in [0.25, 0.3) is 0 Å². The van der Waals surface area contributed by atoms with Gasteiger partial charge in [-0.15, -0.1) is 0 Å². The number of nitrogens with one attached hydrogen (secondary N) is 1. The molecule has 2 N–H and O–H groups in total. The Hall–Kier alpha value is -1.83. The van der Waals surface area contributed by atoms with Gasteiger partial charge in [0.05, 0.1) is 5.69 Å². The first kappa shape index (κ1) is 13.6. The molecule has 2 rings (SSSR count). The number of para-hydroxylation sites is 1. The molecule has 0 aliphatic heterocycles. The summed E-state index contributed by atoms with van der Waals surface area (Å²) in [5, 5.41) is 11.7. The molecule has 6 heteroatoms. The second-order valence-electron chi connectivity index (χ2n) is 3.85. The molecular formula is C13H11IN2O3. The lowest BCUT2D eigenvalue weighted by atomic mass is 10.3. The molecule has 5 nitrogen and oxygen atoms in total. The number of nitrogens with zero attached hydrogens (tertiary/aromatic N) is 1. The number of carbonyl (C=O) groups is 2. The van der Waals surface area contributed by atoms with Crippen LogP contribution in [0, 0.1) is 3.57 Å². The number of aromatic nitrogens is 1. The van der Waals surface area contributed by atoms with E-state index in [4.69, 9.17) is 5.11 Å². The number of aromatic carboxylic acids is 1. The number of carbonyl (C=O) groups excluding carboxylic acids is 1. The highest BCUT2D eigenvalue weighted by atomic mass is 127. The lowest BCUT2D eigenvalue weighted by Gasteiger charge is -2.09. The summed E-state index contributed by atoms with van der Waals surface area (Å²) in [6, 6.07) is 10.5. The molecule has 0 saturated carbocycles. The summed E-state index contributed by atoms with van der Waals surface area (Å²) < 4.78 is 2.33. The summed E-state index contributed by atoms with van der Waals surface area (Å²) in [5.41, 5.74) is 0.815. The Morgan fingerprint density at radius 1 is 1.21 bits per heavy atom. The van der Waals surface area contributed by atoms with Crippen molar-refractivity contribution in [2.75, 3.05) is 5.32 Å². The van der Waals surface area contributed by atoms with Crippen molar-refractivity contribution in [2.45, 2.75) is 6.54 Å². The lowest BCUT2D eigenvalue weighted by molar-refractivity contribution is -0.116. The van der Waals surface area contributed by atoms with Crippen LogP contribution in [0.1, 0.15) is 10.5 Å². The molecule has 0 aliphatic carbocycles. The molecule has 0 unspecified atom stereocenters. The van der Waals surface area contributed by atoms with Crippen LogP contribution in [0.4, 0.5) is 5.69 Å². The Morgan fingerprint density at radius 2 is 1.95 bits per heavy atom. The predicted octanol–water partition coefficient (Wildman–Crippen LogP) is 2.43. The van der Waals surface area contributed by atoms with Crippen LogP contribution < -0.4 is 5.32 Å². The largest absolute Gasteiger partial charge is 0.477 e. The second-order valence-corrected chi connectivity index (χ2v) is 5.02. The van der Waals surface area contributed by atoms with E-state index in [2.05, 4.69) is 27.9 Å². The number of benzene rings is 1. The maximum Gasteiger partial charge on any atom is 0.352 e. The molecule has 1 aromatic heterocycles. The van der Waals surface area contributed by atoms with Crippen molar-refractivity contribution < 1.29 is 14.7 Å². The molecule has 0 spiro atoms. The van der Waals surface area contributed by atoms with Crippen molar-refractivity contribution in [3.63, 3.8) is 0 Å². The van der Waals surface area contributed by atoms with Crippen molar-refractivity contribution in [3.8, 4) is 0 Å². The third kappa shape index (κ3) is 3.34. The number of amides is 1. The fourth-order valence-corrected chi connectivity index (χ4v) is 2.18. The third-order valence-electron chi connectivity index (χ3n) is 2.51. The number of anilines is 1. The smallest absolute Gasteiger partial charge is 0.352 e. The molecule has 1 aromatic carbocycles. The van der Waals surface area contributed by atoms with Gasteiger partial charge < -0.3 is 15.0 Å². The highest BCUT2D eigenvalue weighted by molar-refractivity contribution is 14.1. The van der Waals surface area contributed by atoms with Gasteiger partial charge in [0.15, 0.2) is 0 Å². The van der Waals surface area contributed by atoms with Crippen molar-refractivity contribution in [3.05, 3.63) is 51.9 Å². The van der Waals surface area contributed by atoms with E-state index in [1.807, 2.05) is 18.2 Å². The second kappa shape index (κ2) is 5.87. The Labute approximate surface area is 123 Å². The Balaban J connectivity index is 2.08. The molecule has 0 radical (unpaired) electrons. The summed E-state index contributed by atoms with van der Waals surface area (Å²) in [6.07, 6.45) is 1.57. The SMILES string of the molecule is O=C(Cn1cccc1C(=O)O)Nc1ccccc1I. The quantitative estimate of drug-likeness (QED) is 0.813. The van der Waals surface area contributed by atoms with E-state index >= 15 is 0 Å². The summed E-state index contributed by atoms with van der Waals surface area (Å²) in [4.78, 5) is 22.8. The first-order valence-corrected chi connectivity index (χ1v) is 6.58. The maximum atomic E-state index is 11.9. The number of carboxylic acids is 1. The number of halogens is 1. The molecule has 2 aromatic rings. The van der Waals surface area contributed by atoms with E-state index in [-0.39, 0.29) is 18.1 Å². The normalized spacial score (nSPS) is 10.2. The first-order chi connectivity index (χ1) is 9.08. The van der Waals surface area contributed by atoms with Crippen LogP contribution in [0.15, 0.2) is 42.6 Å². The Bertz CT molecular complexity index is 622. The van der Waals surface area contributed by atoms with E-state index in [1.165, 1.54) is 10.6 Å². The van der Waals surface area contributed by atoms with Gasteiger partial charge >= 0.3 is 5.97 Å². The molecule has 0 saturated heterocycles. The third-order valence-corrected chi connectivity index (χ3v) is 3.45. The molecule has 0 atom stereocenters. The van der Waals surface area contributed by atoms with Gasteiger partial charge in [0.2, 0.25) is 5.91 Å². The molecule has 0 fully saturated rings. The number of carboxylic acid groups (broad SMARTS) is 1. The van der Waals surface area contributed by atoms with E-state index in [1.54, 1.807) is 18.3 Å². The topological polar surface area (TPSA) is 71.3 Å². The average Bonchev–Trinajstić information content (AvgIpc) is 2.80. The molecule has 19 heavy (non-hydrogen) atoms. The van der Waals surface area contributed by atoms with Crippen molar-refractivity contribution >= 4 is 40.2 Å². The minimum atomic E-state index is -1.05. The summed E-state index contributed by atoms with van der Waals surface area (Å²) in [7, 11) is 0. The molecule has 1 amide bonds. The Morgan fingerprint density at radius 3 is 2.63 bits per heavy atom. The van der Waals surface area contributed by atoms with Crippen LogP contribution in [-0.2, 0) is 11.3 Å². The zero-order chi connectivity index (χ0) is 13.8. The predicted molar refractivity (Wildman–Crippen MR) is 79.2 cm³/mol. The minimum absolute atomic E-state index is 0.0282. The maximum absolute atomic E-state index is 11.9. The van der Waals surface area contributed by atoms with Crippen LogP contribution in [0.2, 0.25) is 0 Å². The molecule has 0 aliphatic rings. The number of hydrogen-bond donors (Lipinski definition) is 2. The number of rotatable bonds is 4. The molecule has 98 valence electrons. The standard InChI is InChI=1S/C13H11IN2O3/c14-9-4-1-2-5-10(9)15-12(17)8-16-7-3-6-11(16)13(18)19/h1-7H,8H2,(H,15,17)(H,18,19). The van der Waals surface area contributed by atoms with Gasteiger partial charge in [-0.2, -0.15) is 0 Å². The van der Waals surface area contributed by atoms with Gasteiger partial charge in [0, 0.05) is 9.77 Å². The monoisotopic (exact) mass is 370 g/mol. The van der Waals surface area contributed by atoms with Gasteiger partial charge in [-0.3, -0.25) is 4.79 Å². The van der Waals surface area contributed by atoms with Crippen molar-refractivity contribution in [1.29, 1.82) is 0 Å². The fourth-order valence-electron chi connectivity index (χ4n) is 1.65. The number of hydrogen-bond acceptors (Lipinski definition) is 2. The fraction of sp³-hybridized carbons (Fsp3) is 0.0769. The average molecular weight is 370 g/mol. The van der Waals surface area contributed by atoms with Crippen LogP contribution in [0.3, 0.4) is 0 Å². The minimum Gasteiger partial charge on any atom is -0.477 e. The van der Waals surface area contributed by atoms with Crippen LogP contribution in [-0.4, -0.2) is 21.6 Å². The molecular weight excluding hydrogens is 359 g/mol. The molecule has 1 heterocycles. The van der Waals surface area contributed by atoms with Gasteiger partial charge in [0.25, 0.3) is 0 Å². The zero-order valence-corrected chi connectivity index (χ0v) is 12.0. The summed E-state index contributed by atoms with van der Waals surface area (Å²) in [5.74, 6) is -1.31. The summed E-state index contributed by atoms with van der Waals surface area (Å²) >= 11 is 2.13. The van der Waals surface area contributed by atoms with Crippen molar-refractivity contribution in [1.82, 2.24) is 4.57 Å². The van der Waals surface area contributed by atoms with E-state index < -0.39 is 5.97 Å². The molecule has 0 bridgehead atoms. The van der Waals surface area contributed by atoms with Crippen LogP contribution in [0.5, 0.6) is 0 Å². The van der Waals surface area contributed by atoms with Crippen LogP contribution >= 0.6 is 22.6 Å². The Kier molecular flexibility index (Phi) is 4.20. The van der Waals surface area contributed by atoms with E-state index in [0.29, 0.717) is 0 Å². The van der Waals surface area contributed by atoms with E-state index in [9.17, 15) is 9.59 Å².